The topological polar surface area (TPSA) is 44.5 Å². The first-order valence-electron chi connectivity index (χ1n) is 9.31. The number of hydrogen-bond acceptors (Lipinski definition) is 4. The van der Waals surface area contributed by atoms with Crippen LogP contribution in [-0.2, 0) is 13.6 Å². The third-order valence-corrected chi connectivity index (χ3v) is 5.97. The summed E-state index contributed by atoms with van der Waals surface area (Å²) < 4.78 is 1.90. The Morgan fingerprint density at radius 1 is 1.16 bits per heavy atom. The second-order valence-electron chi connectivity index (χ2n) is 7.73. The Morgan fingerprint density at radius 3 is 2.76 bits per heavy atom. The van der Waals surface area contributed by atoms with Gasteiger partial charge in [0.15, 0.2) is 0 Å². The first-order chi connectivity index (χ1) is 12.0. The first kappa shape index (κ1) is 17.3. The van der Waals surface area contributed by atoms with Crippen molar-refractivity contribution in [3.8, 4) is 0 Å². The Balaban J connectivity index is 1.46. The molecule has 1 unspecified atom stereocenters. The summed E-state index contributed by atoms with van der Waals surface area (Å²) in [7, 11) is 1.96. The summed E-state index contributed by atoms with van der Waals surface area (Å²) in [5, 5.41) is 17.5. The van der Waals surface area contributed by atoms with Crippen LogP contribution in [0.25, 0.3) is 10.9 Å². The summed E-state index contributed by atoms with van der Waals surface area (Å²) >= 11 is 6.42. The standard InChI is InChI=1S/C19H27ClN4O/c1-22-17-7-5-6-15(20)18(17)16(21-22)12-24-11-8-19(25,14-24)13-23-9-3-2-4-10-23/h5-7,25H,2-4,8-14H2,1H3. The van der Waals surface area contributed by atoms with Gasteiger partial charge in [-0.1, -0.05) is 24.1 Å². The molecule has 0 spiro atoms. The van der Waals surface area contributed by atoms with Crippen LogP contribution in [-0.4, -0.2) is 63.0 Å². The van der Waals surface area contributed by atoms with Gasteiger partial charge >= 0.3 is 0 Å². The Morgan fingerprint density at radius 2 is 1.96 bits per heavy atom. The minimum atomic E-state index is -0.592. The molecule has 2 fully saturated rings. The van der Waals surface area contributed by atoms with Gasteiger partial charge in [0.2, 0.25) is 0 Å². The van der Waals surface area contributed by atoms with Gasteiger partial charge < -0.3 is 10.0 Å². The molecule has 0 bridgehead atoms. The van der Waals surface area contributed by atoms with Crippen molar-refractivity contribution in [1.82, 2.24) is 19.6 Å². The van der Waals surface area contributed by atoms with Crippen molar-refractivity contribution in [1.29, 1.82) is 0 Å². The fourth-order valence-electron chi connectivity index (χ4n) is 4.41. The average Bonchev–Trinajstić information content (AvgIpc) is 3.10. The van der Waals surface area contributed by atoms with Crippen LogP contribution in [0.4, 0.5) is 0 Å². The predicted octanol–water partition coefficient (Wildman–Crippen LogP) is 2.65. The molecular formula is C19H27ClN4O. The quantitative estimate of drug-likeness (QED) is 0.908. The summed E-state index contributed by atoms with van der Waals surface area (Å²) in [5.41, 5.74) is 1.47. The van der Waals surface area contributed by atoms with Gasteiger partial charge in [-0.25, -0.2) is 0 Å². The van der Waals surface area contributed by atoms with Gasteiger partial charge in [-0.2, -0.15) is 5.10 Å². The van der Waals surface area contributed by atoms with Crippen molar-refractivity contribution in [3.63, 3.8) is 0 Å². The van der Waals surface area contributed by atoms with Gasteiger partial charge in [-0.3, -0.25) is 9.58 Å². The molecule has 5 nitrogen and oxygen atoms in total. The van der Waals surface area contributed by atoms with Crippen molar-refractivity contribution in [3.05, 3.63) is 28.9 Å². The second kappa shape index (κ2) is 6.88. The van der Waals surface area contributed by atoms with Crippen LogP contribution in [0.1, 0.15) is 31.4 Å². The predicted molar refractivity (Wildman–Crippen MR) is 101 cm³/mol. The number of benzene rings is 1. The molecule has 1 N–H and O–H groups in total. The van der Waals surface area contributed by atoms with E-state index in [1.165, 1.54) is 19.3 Å². The maximum atomic E-state index is 11.0. The van der Waals surface area contributed by atoms with Gasteiger partial charge in [-0.15, -0.1) is 0 Å². The molecule has 3 heterocycles. The Kier molecular flexibility index (Phi) is 4.75. The first-order valence-corrected chi connectivity index (χ1v) is 9.69. The monoisotopic (exact) mass is 362 g/mol. The Bertz CT molecular complexity index is 755. The summed E-state index contributed by atoms with van der Waals surface area (Å²) in [6.45, 7) is 5.42. The number of fused-ring (bicyclic) bond motifs is 1. The van der Waals surface area contributed by atoms with Gasteiger partial charge in [0.1, 0.15) is 0 Å². The van der Waals surface area contributed by atoms with Crippen LogP contribution in [0.3, 0.4) is 0 Å². The summed E-state index contributed by atoms with van der Waals surface area (Å²) in [4.78, 5) is 4.75. The number of nitrogens with zero attached hydrogens (tertiary/aromatic N) is 4. The maximum absolute atomic E-state index is 11.0. The summed E-state index contributed by atoms with van der Waals surface area (Å²) in [6, 6.07) is 5.93. The molecule has 136 valence electrons. The number of rotatable bonds is 4. The van der Waals surface area contributed by atoms with Crippen molar-refractivity contribution in [2.75, 3.05) is 32.7 Å². The van der Waals surface area contributed by atoms with Crippen molar-refractivity contribution in [2.24, 2.45) is 7.05 Å². The Labute approximate surface area is 154 Å². The number of aliphatic hydroxyl groups is 1. The highest BCUT2D eigenvalue weighted by molar-refractivity contribution is 6.35. The van der Waals surface area contributed by atoms with E-state index in [9.17, 15) is 5.11 Å². The van der Waals surface area contributed by atoms with Gasteiger partial charge in [0.05, 0.1) is 21.8 Å². The van der Waals surface area contributed by atoms with E-state index in [1.807, 2.05) is 29.9 Å². The Hall–Kier alpha value is -1.14. The molecule has 1 aromatic heterocycles. The molecule has 2 aliphatic rings. The van der Waals surface area contributed by atoms with Crippen LogP contribution >= 0.6 is 11.6 Å². The van der Waals surface area contributed by atoms with E-state index >= 15 is 0 Å². The van der Waals surface area contributed by atoms with Crippen molar-refractivity contribution < 1.29 is 5.11 Å². The van der Waals surface area contributed by atoms with E-state index in [4.69, 9.17) is 11.6 Å². The van der Waals surface area contributed by atoms with Gasteiger partial charge in [-0.05, 0) is 44.5 Å². The smallest absolute Gasteiger partial charge is 0.0912 e. The lowest BCUT2D eigenvalue weighted by Gasteiger charge is -2.33. The van der Waals surface area contributed by atoms with Gasteiger partial charge in [0, 0.05) is 38.6 Å². The number of hydrogen-bond donors (Lipinski definition) is 1. The minimum absolute atomic E-state index is 0.592. The molecule has 1 atom stereocenters. The molecule has 1 aromatic carbocycles. The molecule has 0 saturated carbocycles. The zero-order valence-corrected chi connectivity index (χ0v) is 15.7. The number of β-amino-alcohol motifs (C(OH)–C–C–N with tert-alkyl or cyclic N) is 1. The third-order valence-electron chi connectivity index (χ3n) is 5.65. The highest BCUT2D eigenvalue weighted by Crippen LogP contribution is 2.30. The van der Waals surface area contributed by atoms with Crippen molar-refractivity contribution in [2.45, 2.75) is 37.8 Å². The number of aryl methyl sites for hydroxylation is 1. The molecule has 0 radical (unpaired) electrons. The summed E-state index contributed by atoms with van der Waals surface area (Å²) in [6.07, 6.45) is 4.69. The van der Waals surface area contributed by atoms with E-state index in [0.29, 0.717) is 6.54 Å². The molecule has 25 heavy (non-hydrogen) atoms. The van der Waals surface area contributed by atoms with Crippen LogP contribution in [0.15, 0.2) is 18.2 Å². The SMILES string of the molecule is Cn1nc(CN2CCC(O)(CN3CCCCC3)C2)c2c(Cl)cccc21. The maximum Gasteiger partial charge on any atom is 0.0912 e. The minimum Gasteiger partial charge on any atom is -0.387 e. The number of aromatic nitrogens is 2. The molecule has 2 aromatic rings. The van der Waals surface area contributed by atoms with E-state index in [1.54, 1.807) is 0 Å². The molecule has 4 rings (SSSR count). The van der Waals surface area contributed by atoms with E-state index < -0.39 is 5.60 Å². The van der Waals surface area contributed by atoms with Crippen LogP contribution < -0.4 is 0 Å². The van der Waals surface area contributed by atoms with Crippen LogP contribution in [0.2, 0.25) is 5.02 Å². The van der Waals surface area contributed by atoms with Crippen LogP contribution in [0.5, 0.6) is 0 Å². The van der Waals surface area contributed by atoms with Crippen LogP contribution in [0, 0.1) is 0 Å². The highest BCUT2D eigenvalue weighted by atomic mass is 35.5. The third kappa shape index (κ3) is 3.56. The number of likely N-dealkylation sites (tertiary alicyclic amines) is 2. The lowest BCUT2D eigenvalue weighted by Crippen LogP contribution is -2.46. The largest absolute Gasteiger partial charge is 0.387 e. The molecule has 6 heteroatoms. The summed E-state index contributed by atoms with van der Waals surface area (Å²) in [5.74, 6) is 0. The van der Waals surface area contributed by atoms with E-state index in [2.05, 4.69) is 14.9 Å². The molecule has 0 aliphatic carbocycles. The lowest BCUT2D eigenvalue weighted by atomic mass is 10.0. The molecule has 2 aliphatic heterocycles. The fraction of sp³-hybridized carbons (Fsp3) is 0.632. The molecule has 0 amide bonds. The van der Waals surface area contributed by atoms with Crippen molar-refractivity contribution >= 4 is 22.5 Å². The fourth-order valence-corrected chi connectivity index (χ4v) is 4.69. The zero-order valence-electron chi connectivity index (χ0n) is 14.9. The van der Waals surface area contributed by atoms with Gasteiger partial charge in [0.25, 0.3) is 0 Å². The van der Waals surface area contributed by atoms with E-state index in [0.717, 1.165) is 60.8 Å². The van der Waals surface area contributed by atoms with E-state index in [-0.39, 0.29) is 0 Å². The molecular weight excluding hydrogens is 336 g/mol. The zero-order chi connectivity index (χ0) is 17.4. The molecule has 2 saturated heterocycles. The highest BCUT2D eigenvalue weighted by Gasteiger charge is 2.38. The second-order valence-corrected chi connectivity index (χ2v) is 8.13. The number of piperidine rings is 1. The average molecular weight is 363 g/mol. The number of halogens is 1. The normalized spacial score (nSPS) is 25.9. The lowest BCUT2D eigenvalue weighted by molar-refractivity contribution is 0.00629.